The zero-order valence-electron chi connectivity index (χ0n) is 12.8. The van der Waals surface area contributed by atoms with Gasteiger partial charge in [-0.3, -0.25) is 0 Å². The molecule has 0 aromatic heterocycles. The molecule has 1 aromatic rings. The van der Waals surface area contributed by atoms with Crippen LogP contribution in [0.2, 0.25) is 0 Å². The summed E-state index contributed by atoms with van der Waals surface area (Å²) in [6.45, 7) is 7.53. The molecule has 0 aliphatic carbocycles. The number of hydrogen-bond donors (Lipinski definition) is 1. The molecule has 1 aromatic carbocycles. The number of ether oxygens (including phenoxy) is 2. The summed E-state index contributed by atoms with van der Waals surface area (Å²) in [5.74, 6) is 1.26. The van der Waals surface area contributed by atoms with Crippen LogP contribution in [0, 0.1) is 5.92 Å². The van der Waals surface area contributed by atoms with E-state index < -0.39 is 5.60 Å². The molecule has 1 unspecified atom stereocenters. The number of carbonyl (C=O) groups excluding carboxylic acids is 1. The van der Waals surface area contributed by atoms with Crippen LogP contribution in [0.25, 0.3) is 0 Å². The predicted molar refractivity (Wildman–Crippen MR) is 79.5 cm³/mol. The Hall–Kier alpha value is -1.91. The van der Waals surface area contributed by atoms with E-state index in [9.17, 15) is 9.90 Å². The number of phenolic OH excluding ortho intramolecular Hbond substituents is 1. The first kappa shape index (κ1) is 15.5. The summed E-state index contributed by atoms with van der Waals surface area (Å²) in [6.07, 6.45) is 0.659. The number of phenols is 1. The molecular formula is C16H23NO4. The lowest BCUT2D eigenvalue weighted by Crippen LogP contribution is -2.35. The summed E-state index contributed by atoms with van der Waals surface area (Å²) in [7, 11) is 0. The normalized spacial score (nSPS) is 18.6. The molecule has 5 heteroatoms. The molecule has 1 saturated heterocycles. The Kier molecular flexibility index (Phi) is 4.60. The molecule has 1 atom stereocenters. The van der Waals surface area contributed by atoms with Gasteiger partial charge in [0.05, 0.1) is 6.61 Å². The van der Waals surface area contributed by atoms with Gasteiger partial charge in [-0.1, -0.05) is 0 Å². The number of hydrogen-bond acceptors (Lipinski definition) is 4. The smallest absolute Gasteiger partial charge is 0.410 e. The molecule has 1 aliphatic rings. The molecule has 5 nitrogen and oxygen atoms in total. The van der Waals surface area contributed by atoms with Gasteiger partial charge < -0.3 is 19.5 Å². The molecule has 116 valence electrons. The van der Waals surface area contributed by atoms with Crippen molar-refractivity contribution in [1.29, 1.82) is 0 Å². The molecule has 1 heterocycles. The van der Waals surface area contributed by atoms with Gasteiger partial charge in [-0.2, -0.15) is 0 Å². The van der Waals surface area contributed by atoms with Crippen LogP contribution in [0.1, 0.15) is 27.2 Å². The average Bonchev–Trinajstić information content (AvgIpc) is 2.85. The Morgan fingerprint density at radius 1 is 1.33 bits per heavy atom. The zero-order chi connectivity index (χ0) is 15.5. The number of benzene rings is 1. The second kappa shape index (κ2) is 6.24. The van der Waals surface area contributed by atoms with Gasteiger partial charge in [0, 0.05) is 19.0 Å². The molecule has 1 aliphatic heterocycles. The van der Waals surface area contributed by atoms with E-state index in [4.69, 9.17) is 9.47 Å². The molecular weight excluding hydrogens is 270 g/mol. The van der Waals surface area contributed by atoms with Crippen molar-refractivity contribution in [3.63, 3.8) is 0 Å². The van der Waals surface area contributed by atoms with E-state index in [1.165, 1.54) is 0 Å². The fourth-order valence-electron chi connectivity index (χ4n) is 2.22. The van der Waals surface area contributed by atoms with E-state index in [-0.39, 0.29) is 11.8 Å². The zero-order valence-corrected chi connectivity index (χ0v) is 12.8. The van der Waals surface area contributed by atoms with E-state index in [0.717, 1.165) is 12.2 Å². The minimum atomic E-state index is -0.461. The molecule has 1 fully saturated rings. The molecule has 0 spiro atoms. The number of likely N-dealkylation sites (tertiary alicyclic amines) is 1. The average molecular weight is 293 g/mol. The second-order valence-corrected chi connectivity index (χ2v) is 6.39. The minimum absolute atomic E-state index is 0.222. The maximum Gasteiger partial charge on any atom is 0.410 e. The first-order valence-corrected chi connectivity index (χ1v) is 7.23. The lowest BCUT2D eigenvalue weighted by molar-refractivity contribution is 0.0285. The molecule has 0 saturated carbocycles. The third kappa shape index (κ3) is 4.85. The van der Waals surface area contributed by atoms with Gasteiger partial charge in [-0.15, -0.1) is 0 Å². The highest BCUT2D eigenvalue weighted by Crippen LogP contribution is 2.22. The van der Waals surface area contributed by atoms with Gasteiger partial charge in [-0.25, -0.2) is 4.79 Å². The van der Waals surface area contributed by atoms with Gasteiger partial charge in [0.2, 0.25) is 0 Å². The van der Waals surface area contributed by atoms with Gasteiger partial charge in [0.25, 0.3) is 0 Å². The van der Waals surface area contributed by atoms with Crippen molar-refractivity contribution >= 4 is 6.09 Å². The van der Waals surface area contributed by atoms with Crippen LogP contribution in [-0.4, -0.2) is 41.4 Å². The van der Waals surface area contributed by atoms with Gasteiger partial charge in [0.1, 0.15) is 17.1 Å². The van der Waals surface area contributed by atoms with Gasteiger partial charge in [-0.05, 0) is 51.5 Å². The van der Waals surface area contributed by atoms with Crippen LogP contribution >= 0.6 is 0 Å². The number of carbonyl (C=O) groups is 1. The minimum Gasteiger partial charge on any atom is -0.508 e. The Morgan fingerprint density at radius 3 is 2.62 bits per heavy atom. The van der Waals surface area contributed by atoms with Crippen molar-refractivity contribution in [1.82, 2.24) is 4.90 Å². The highest BCUT2D eigenvalue weighted by molar-refractivity contribution is 5.68. The molecule has 1 amide bonds. The first-order valence-electron chi connectivity index (χ1n) is 7.23. The van der Waals surface area contributed by atoms with Crippen molar-refractivity contribution < 1.29 is 19.4 Å². The maximum absolute atomic E-state index is 12.0. The summed E-state index contributed by atoms with van der Waals surface area (Å²) in [5.41, 5.74) is -0.461. The monoisotopic (exact) mass is 293 g/mol. The molecule has 0 bridgehead atoms. The fourth-order valence-corrected chi connectivity index (χ4v) is 2.22. The highest BCUT2D eigenvalue weighted by atomic mass is 16.6. The summed E-state index contributed by atoms with van der Waals surface area (Å²) in [5, 5.41) is 9.21. The SMILES string of the molecule is CC(C)(C)OC(=O)N1CCC(COc2ccc(O)cc2)C1. The van der Waals surface area contributed by atoms with E-state index in [0.29, 0.717) is 25.6 Å². The first-order chi connectivity index (χ1) is 9.83. The maximum atomic E-state index is 12.0. The van der Waals surface area contributed by atoms with Crippen molar-refractivity contribution in [2.24, 2.45) is 5.92 Å². The van der Waals surface area contributed by atoms with E-state index >= 15 is 0 Å². The predicted octanol–water partition coefficient (Wildman–Crippen LogP) is 3.03. The largest absolute Gasteiger partial charge is 0.508 e. The van der Waals surface area contributed by atoms with Crippen LogP contribution in [0.15, 0.2) is 24.3 Å². The van der Waals surface area contributed by atoms with Gasteiger partial charge >= 0.3 is 6.09 Å². The standard InChI is InChI=1S/C16H23NO4/c1-16(2,3)21-15(19)17-9-8-12(10-17)11-20-14-6-4-13(18)5-7-14/h4-7,12,18H,8-11H2,1-3H3. The van der Waals surface area contributed by atoms with Crippen molar-refractivity contribution in [2.75, 3.05) is 19.7 Å². The van der Waals surface area contributed by atoms with Crippen LogP contribution in [0.5, 0.6) is 11.5 Å². The number of rotatable bonds is 3. The fraction of sp³-hybridized carbons (Fsp3) is 0.562. The number of aromatic hydroxyl groups is 1. The van der Waals surface area contributed by atoms with Crippen molar-refractivity contribution in [2.45, 2.75) is 32.8 Å². The van der Waals surface area contributed by atoms with Crippen molar-refractivity contribution in [3.05, 3.63) is 24.3 Å². The third-order valence-electron chi connectivity index (χ3n) is 3.26. The van der Waals surface area contributed by atoms with E-state index in [1.54, 1.807) is 29.2 Å². The Labute approximate surface area is 125 Å². The summed E-state index contributed by atoms with van der Waals surface area (Å²) in [6, 6.07) is 6.65. The highest BCUT2D eigenvalue weighted by Gasteiger charge is 2.30. The molecule has 0 radical (unpaired) electrons. The van der Waals surface area contributed by atoms with E-state index in [1.807, 2.05) is 20.8 Å². The topological polar surface area (TPSA) is 59.0 Å². The summed E-state index contributed by atoms with van der Waals surface area (Å²) in [4.78, 5) is 13.7. The van der Waals surface area contributed by atoms with Crippen LogP contribution in [0.3, 0.4) is 0 Å². The second-order valence-electron chi connectivity index (χ2n) is 6.39. The number of nitrogens with zero attached hydrogens (tertiary/aromatic N) is 1. The third-order valence-corrected chi connectivity index (χ3v) is 3.26. The van der Waals surface area contributed by atoms with Crippen molar-refractivity contribution in [3.8, 4) is 11.5 Å². The number of amides is 1. The summed E-state index contributed by atoms with van der Waals surface area (Å²) >= 11 is 0. The molecule has 1 N–H and O–H groups in total. The Balaban J connectivity index is 1.77. The Bertz CT molecular complexity index is 478. The summed E-state index contributed by atoms with van der Waals surface area (Å²) < 4.78 is 11.0. The lowest BCUT2D eigenvalue weighted by Gasteiger charge is -2.24. The van der Waals surface area contributed by atoms with Crippen LogP contribution in [0.4, 0.5) is 4.79 Å². The molecule has 21 heavy (non-hydrogen) atoms. The quantitative estimate of drug-likeness (QED) is 0.930. The lowest BCUT2D eigenvalue weighted by atomic mass is 10.1. The van der Waals surface area contributed by atoms with E-state index in [2.05, 4.69) is 0 Å². The Morgan fingerprint density at radius 2 is 2.00 bits per heavy atom. The van der Waals surface area contributed by atoms with Crippen LogP contribution in [-0.2, 0) is 4.74 Å². The molecule has 2 rings (SSSR count). The van der Waals surface area contributed by atoms with Crippen LogP contribution < -0.4 is 4.74 Å². The van der Waals surface area contributed by atoms with Gasteiger partial charge in [0.15, 0.2) is 0 Å².